The van der Waals surface area contributed by atoms with Gasteiger partial charge in [0.25, 0.3) is 5.91 Å². The molecule has 0 bridgehead atoms. The zero-order valence-electron chi connectivity index (χ0n) is 13.5. The molecule has 6 nitrogen and oxygen atoms in total. The molecule has 2 aromatic carbocycles. The molecule has 0 saturated heterocycles. The fraction of sp³-hybridized carbons (Fsp3) is 0.0556. The molecule has 1 aromatic heterocycles. The van der Waals surface area contributed by atoms with Crippen molar-refractivity contribution < 1.29 is 14.3 Å². The third kappa shape index (κ3) is 4.99. The highest BCUT2D eigenvalue weighted by molar-refractivity contribution is 14.1. The summed E-state index contributed by atoms with van der Waals surface area (Å²) in [6.45, 7) is -0.446. The van der Waals surface area contributed by atoms with Gasteiger partial charge in [-0.1, -0.05) is 18.2 Å². The number of aromatic nitrogens is 1. The molecule has 0 fully saturated rings. The van der Waals surface area contributed by atoms with Crippen LogP contribution in [0.2, 0.25) is 0 Å². The monoisotopic (exact) mass is 700 g/mol. The molecule has 0 aliphatic heterocycles. The Morgan fingerprint density at radius 1 is 1.04 bits per heavy atom. The maximum Gasteiger partial charge on any atom is 0.339 e. The summed E-state index contributed by atoms with van der Waals surface area (Å²) in [6, 6.07) is 12.0. The minimum Gasteiger partial charge on any atom is -0.452 e. The second-order valence-corrected chi connectivity index (χ2v) is 9.03. The van der Waals surface area contributed by atoms with Crippen LogP contribution in [0.1, 0.15) is 10.4 Å². The first-order chi connectivity index (χ1) is 12.8. The summed E-state index contributed by atoms with van der Waals surface area (Å²) in [5.41, 5.74) is 0.928. The van der Waals surface area contributed by atoms with Crippen LogP contribution in [0, 0.1) is 10.7 Å². The number of rotatable bonds is 4. The van der Waals surface area contributed by atoms with Crippen molar-refractivity contribution in [3.63, 3.8) is 0 Å². The second-order valence-electron chi connectivity index (χ2n) is 5.46. The van der Waals surface area contributed by atoms with Gasteiger partial charge in [0.2, 0.25) is 5.56 Å². The fourth-order valence-electron chi connectivity index (χ4n) is 2.42. The van der Waals surface area contributed by atoms with Crippen molar-refractivity contribution in [2.75, 3.05) is 11.9 Å². The molecule has 0 spiro atoms. The van der Waals surface area contributed by atoms with Crippen LogP contribution in [0.25, 0.3) is 10.9 Å². The van der Waals surface area contributed by atoms with Gasteiger partial charge < -0.3 is 15.0 Å². The summed E-state index contributed by atoms with van der Waals surface area (Å²) in [5, 5.41) is 3.32. The first-order valence-corrected chi connectivity index (χ1v) is 10.8. The van der Waals surface area contributed by atoms with Crippen LogP contribution in [0.5, 0.6) is 0 Å². The zero-order valence-corrected chi connectivity index (χ0v) is 20.0. The van der Waals surface area contributed by atoms with Gasteiger partial charge in [-0.3, -0.25) is 9.59 Å². The molecule has 0 aliphatic rings. The molecule has 3 aromatic rings. The number of benzene rings is 2. The van der Waals surface area contributed by atoms with E-state index in [4.69, 9.17) is 4.74 Å². The smallest absolute Gasteiger partial charge is 0.339 e. The van der Waals surface area contributed by atoms with E-state index < -0.39 is 24.0 Å². The number of para-hydroxylation sites is 1. The third-order valence-corrected chi connectivity index (χ3v) is 5.90. The SMILES string of the molecule is O=C(COC(=O)c1cc(=O)[nH]c2ccccc12)Nc1c(I)cc(I)cc1I. The molecule has 0 saturated carbocycles. The molecule has 0 atom stereocenters. The Morgan fingerprint density at radius 2 is 1.70 bits per heavy atom. The van der Waals surface area contributed by atoms with E-state index in [9.17, 15) is 14.4 Å². The normalized spacial score (nSPS) is 10.6. The van der Waals surface area contributed by atoms with Gasteiger partial charge in [-0.05, 0) is 86.0 Å². The molecule has 9 heteroatoms. The second kappa shape index (κ2) is 8.86. The number of H-pyrrole nitrogens is 1. The van der Waals surface area contributed by atoms with E-state index in [0.29, 0.717) is 16.6 Å². The molecule has 0 radical (unpaired) electrons. The summed E-state index contributed by atoms with van der Waals surface area (Å²) in [4.78, 5) is 39.0. The molecular formula is C18H11I3N2O4. The number of carbonyl (C=O) groups is 2. The van der Waals surface area contributed by atoms with Crippen molar-refractivity contribution in [2.45, 2.75) is 0 Å². The lowest BCUT2D eigenvalue weighted by Crippen LogP contribution is -2.22. The number of hydrogen-bond acceptors (Lipinski definition) is 4. The highest BCUT2D eigenvalue weighted by atomic mass is 127. The number of amides is 1. The molecule has 3 rings (SSSR count). The number of halogens is 3. The maximum absolute atomic E-state index is 12.4. The van der Waals surface area contributed by atoms with Gasteiger partial charge >= 0.3 is 5.97 Å². The molecule has 1 heterocycles. The summed E-state index contributed by atoms with van der Waals surface area (Å²) < 4.78 is 7.97. The van der Waals surface area contributed by atoms with E-state index >= 15 is 0 Å². The predicted molar refractivity (Wildman–Crippen MR) is 128 cm³/mol. The van der Waals surface area contributed by atoms with Crippen molar-refractivity contribution in [3.05, 3.63) is 69.1 Å². The molecule has 1 amide bonds. The van der Waals surface area contributed by atoms with E-state index in [2.05, 4.69) is 78.1 Å². The van der Waals surface area contributed by atoms with Crippen LogP contribution in [-0.4, -0.2) is 23.5 Å². The summed E-state index contributed by atoms with van der Waals surface area (Å²) >= 11 is 6.48. The molecular weight excluding hydrogens is 689 g/mol. The third-order valence-electron chi connectivity index (χ3n) is 3.58. The number of pyridine rings is 1. The van der Waals surface area contributed by atoms with E-state index in [1.54, 1.807) is 24.3 Å². The number of anilines is 1. The average Bonchev–Trinajstić information content (AvgIpc) is 2.62. The summed E-state index contributed by atoms with van der Waals surface area (Å²) in [7, 11) is 0. The Labute approximate surface area is 194 Å². The van der Waals surface area contributed by atoms with Crippen molar-refractivity contribution in [1.82, 2.24) is 4.98 Å². The topological polar surface area (TPSA) is 88.3 Å². The van der Waals surface area contributed by atoms with Crippen molar-refractivity contribution in [1.29, 1.82) is 0 Å². The Hall–Kier alpha value is -1.22. The minimum atomic E-state index is -0.723. The lowest BCUT2D eigenvalue weighted by atomic mass is 10.1. The van der Waals surface area contributed by atoms with Gasteiger partial charge in [-0.25, -0.2) is 4.79 Å². The van der Waals surface area contributed by atoms with E-state index in [1.807, 2.05) is 12.1 Å². The zero-order chi connectivity index (χ0) is 19.6. The first kappa shape index (κ1) is 20.5. The van der Waals surface area contributed by atoms with E-state index in [0.717, 1.165) is 10.7 Å². The van der Waals surface area contributed by atoms with Gasteiger partial charge in [-0.2, -0.15) is 0 Å². The minimum absolute atomic E-state index is 0.126. The number of aromatic amines is 1. The van der Waals surface area contributed by atoms with Crippen LogP contribution < -0.4 is 10.9 Å². The Balaban J connectivity index is 1.73. The van der Waals surface area contributed by atoms with Crippen LogP contribution in [0.3, 0.4) is 0 Å². The highest BCUT2D eigenvalue weighted by Crippen LogP contribution is 2.27. The number of fused-ring (bicyclic) bond motifs is 1. The largest absolute Gasteiger partial charge is 0.452 e. The molecule has 0 unspecified atom stereocenters. The van der Waals surface area contributed by atoms with Crippen LogP contribution in [-0.2, 0) is 9.53 Å². The van der Waals surface area contributed by atoms with Crippen LogP contribution >= 0.6 is 67.8 Å². The standard InChI is InChI=1S/C18H11I3N2O4/c19-9-5-12(20)17(13(21)6-9)23-16(25)8-27-18(26)11-7-15(24)22-14-4-2-1-3-10(11)14/h1-7H,8H2,(H,22,24)(H,23,25). The lowest BCUT2D eigenvalue weighted by molar-refractivity contribution is -0.119. The predicted octanol–water partition coefficient (Wildman–Crippen LogP) is 4.14. The number of hydrogen-bond donors (Lipinski definition) is 2. The van der Waals surface area contributed by atoms with E-state index in [1.165, 1.54) is 6.07 Å². The number of carbonyl (C=O) groups excluding carboxylic acids is 2. The summed E-state index contributed by atoms with van der Waals surface area (Å²) in [6.07, 6.45) is 0. The Morgan fingerprint density at radius 3 is 2.41 bits per heavy atom. The molecule has 27 heavy (non-hydrogen) atoms. The Bertz CT molecular complexity index is 1090. The fourth-order valence-corrected chi connectivity index (χ4v) is 6.27. The number of esters is 1. The number of nitrogens with one attached hydrogen (secondary N) is 2. The van der Waals surface area contributed by atoms with Crippen molar-refractivity contribution in [2.24, 2.45) is 0 Å². The van der Waals surface area contributed by atoms with Gasteiger partial charge in [0.15, 0.2) is 6.61 Å². The van der Waals surface area contributed by atoms with Crippen molar-refractivity contribution in [3.8, 4) is 0 Å². The molecule has 0 aliphatic carbocycles. The van der Waals surface area contributed by atoms with Crippen LogP contribution in [0.15, 0.2) is 47.3 Å². The maximum atomic E-state index is 12.4. The number of ether oxygens (including phenoxy) is 1. The average molecular weight is 700 g/mol. The van der Waals surface area contributed by atoms with Crippen molar-refractivity contribution >= 4 is 96.2 Å². The van der Waals surface area contributed by atoms with Gasteiger partial charge in [0, 0.05) is 27.7 Å². The highest BCUT2D eigenvalue weighted by Gasteiger charge is 2.16. The van der Waals surface area contributed by atoms with Gasteiger partial charge in [0.1, 0.15) is 0 Å². The van der Waals surface area contributed by atoms with Gasteiger partial charge in [-0.15, -0.1) is 0 Å². The quantitative estimate of drug-likeness (QED) is 0.317. The van der Waals surface area contributed by atoms with Gasteiger partial charge in [0.05, 0.1) is 11.3 Å². The van der Waals surface area contributed by atoms with Crippen LogP contribution in [0.4, 0.5) is 5.69 Å². The first-order valence-electron chi connectivity index (χ1n) is 7.59. The summed E-state index contributed by atoms with van der Waals surface area (Å²) in [5.74, 6) is -1.17. The molecule has 138 valence electrons. The lowest BCUT2D eigenvalue weighted by Gasteiger charge is -2.11. The van der Waals surface area contributed by atoms with E-state index in [-0.39, 0.29) is 5.56 Å². The Kier molecular flexibility index (Phi) is 6.73. The molecule has 2 N–H and O–H groups in total.